The minimum Gasteiger partial charge on any atom is -0.497 e. The number of nitrogens with two attached hydrogens (primary N) is 1. The minimum atomic E-state index is -0.704. The molecule has 0 fully saturated rings. The molecule has 0 spiro atoms. The summed E-state index contributed by atoms with van der Waals surface area (Å²) in [5, 5.41) is 0. The number of carbonyl (C=O) groups is 1. The molecule has 0 heterocycles. The van der Waals surface area contributed by atoms with E-state index in [2.05, 4.69) is 4.74 Å². The van der Waals surface area contributed by atoms with Gasteiger partial charge in [0.2, 0.25) is 0 Å². The Morgan fingerprint density at radius 2 is 2.07 bits per heavy atom. The summed E-state index contributed by atoms with van der Waals surface area (Å²) >= 11 is 0. The van der Waals surface area contributed by atoms with E-state index in [4.69, 9.17) is 10.5 Å². The molecule has 2 N–H and O–H groups in total. The summed E-state index contributed by atoms with van der Waals surface area (Å²) in [7, 11) is 2.56. The van der Waals surface area contributed by atoms with Crippen molar-refractivity contribution in [1.29, 1.82) is 0 Å². The molecule has 76 valence electrons. The number of methoxy groups -OCH3 is 2. The van der Waals surface area contributed by atoms with Gasteiger partial charge in [-0.05, 0) is 6.07 Å². The summed E-state index contributed by atoms with van der Waals surface area (Å²) < 4.78 is 22.3. The van der Waals surface area contributed by atoms with Gasteiger partial charge in [-0.2, -0.15) is 0 Å². The second-order valence-electron chi connectivity index (χ2n) is 2.56. The van der Waals surface area contributed by atoms with Gasteiger partial charge < -0.3 is 15.2 Å². The van der Waals surface area contributed by atoms with Crippen molar-refractivity contribution in [2.24, 2.45) is 0 Å². The summed E-state index contributed by atoms with van der Waals surface area (Å²) in [5.74, 6) is -1.18. The molecule has 14 heavy (non-hydrogen) atoms. The standard InChI is InChI=1S/C9H10FNO3/c1-13-5-3-6(9(12)14-2)8(11)7(10)4-5/h3-4H,11H2,1-2H3. The van der Waals surface area contributed by atoms with Crippen molar-refractivity contribution in [1.82, 2.24) is 0 Å². The van der Waals surface area contributed by atoms with E-state index in [-0.39, 0.29) is 17.0 Å². The van der Waals surface area contributed by atoms with Crippen LogP contribution in [0.2, 0.25) is 0 Å². The third kappa shape index (κ3) is 1.76. The molecule has 0 amide bonds. The Morgan fingerprint density at radius 3 is 2.57 bits per heavy atom. The van der Waals surface area contributed by atoms with Crippen LogP contribution in [0, 0.1) is 5.82 Å². The topological polar surface area (TPSA) is 61.5 Å². The normalized spacial score (nSPS) is 9.64. The lowest BCUT2D eigenvalue weighted by Gasteiger charge is -2.07. The van der Waals surface area contributed by atoms with Gasteiger partial charge in [-0.25, -0.2) is 9.18 Å². The quantitative estimate of drug-likeness (QED) is 0.574. The van der Waals surface area contributed by atoms with Gasteiger partial charge in [0.05, 0.1) is 25.5 Å². The van der Waals surface area contributed by atoms with Crippen LogP contribution in [0.3, 0.4) is 0 Å². The average Bonchev–Trinajstić information content (AvgIpc) is 2.20. The van der Waals surface area contributed by atoms with Crippen LogP contribution in [0.25, 0.3) is 0 Å². The fraction of sp³-hybridized carbons (Fsp3) is 0.222. The molecule has 4 nitrogen and oxygen atoms in total. The van der Waals surface area contributed by atoms with E-state index in [0.29, 0.717) is 0 Å². The van der Waals surface area contributed by atoms with Crippen molar-refractivity contribution in [2.75, 3.05) is 20.0 Å². The van der Waals surface area contributed by atoms with Gasteiger partial charge in [-0.15, -0.1) is 0 Å². The molecule has 0 bridgehead atoms. The highest BCUT2D eigenvalue weighted by molar-refractivity contribution is 5.95. The van der Waals surface area contributed by atoms with Crippen molar-refractivity contribution in [3.63, 3.8) is 0 Å². The van der Waals surface area contributed by atoms with Gasteiger partial charge >= 0.3 is 5.97 Å². The molecular weight excluding hydrogens is 189 g/mol. The first-order valence-electron chi connectivity index (χ1n) is 3.81. The Labute approximate surface area is 80.4 Å². The van der Waals surface area contributed by atoms with E-state index < -0.39 is 11.8 Å². The molecule has 5 heteroatoms. The van der Waals surface area contributed by atoms with Crippen LogP contribution in [0.5, 0.6) is 5.75 Å². The van der Waals surface area contributed by atoms with Gasteiger partial charge in [0.15, 0.2) is 5.82 Å². The molecule has 0 aromatic heterocycles. The Bertz CT molecular complexity index is 365. The highest BCUT2D eigenvalue weighted by Gasteiger charge is 2.15. The number of anilines is 1. The zero-order valence-corrected chi connectivity index (χ0v) is 7.83. The van der Waals surface area contributed by atoms with Crippen molar-refractivity contribution in [2.45, 2.75) is 0 Å². The second kappa shape index (κ2) is 3.95. The predicted molar refractivity (Wildman–Crippen MR) is 48.7 cm³/mol. The highest BCUT2D eigenvalue weighted by Crippen LogP contribution is 2.23. The lowest BCUT2D eigenvalue weighted by molar-refractivity contribution is 0.0601. The maximum absolute atomic E-state index is 13.1. The van der Waals surface area contributed by atoms with Gasteiger partial charge in [0.1, 0.15) is 5.75 Å². The number of hydrogen-bond donors (Lipinski definition) is 1. The minimum absolute atomic E-state index is 0.0376. The molecule has 0 aliphatic carbocycles. The van der Waals surface area contributed by atoms with E-state index in [0.717, 1.165) is 6.07 Å². The molecule has 0 aliphatic heterocycles. The highest BCUT2D eigenvalue weighted by atomic mass is 19.1. The monoisotopic (exact) mass is 199 g/mol. The lowest BCUT2D eigenvalue weighted by atomic mass is 10.1. The maximum atomic E-state index is 13.1. The third-order valence-electron chi connectivity index (χ3n) is 1.74. The molecule has 1 rings (SSSR count). The van der Waals surface area contributed by atoms with E-state index in [9.17, 15) is 9.18 Å². The molecule has 0 radical (unpaired) electrons. The maximum Gasteiger partial charge on any atom is 0.340 e. The van der Waals surface area contributed by atoms with Crippen molar-refractivity contribution in [3.05, 3.63) is 23.5 Å². The first kappa shape index (κ1) is 10.3. The van der Waals surface area contributed by atoms with Crippen LogP contribution in [0.4, 0.5) is 10.1 Å². The largest absolute Gasteiger partial charge is 0.497 e. The van der Waals surface area contributed by atoms with Crippen molar-refractivity contribution < 1.29 is 18.7 Å². The zero-order chi connectivity index (χ0) is 10.7. The summed E-state index contributed by atoms with van der Waals surface area (Å²) in [6.07, 6.45) is 0. The van der Waals surface area contributed by atoms with Gasteiger partial charge in [-0.3, -0.25) is 0 Å². The molecule has 0 saturated heterocycles. The number of esters is 1. The van der Waals surface area contributed by atoms with Crippen LogP contribution >= 0.6 is 0 Å². The first-order valence-corrected chi connectivity index (χ1v) is 3.81. The second-order valence-corrected chi connectivity index (χ2v) is 2.56. The summed E-state index contributed by atoms with van der Waals surface area (Å²) in [5.41, 5.74) is 5.08. The number of hydrogen-bond acceptors (Lipinski definition) is 4. The first-order chi connectivity index (χ1) is 6.60. The van der Waals surface area contributed by atoms with Crippen molar-refractivity contribution in [3.8, 4) is 5.75 Å². The van der Waals surface area contributed by atoms with Crippen LogP contribution in [0.1, 0.15) is 10.4 Å². The molecule has 0 aliphatic rings. The Morgan fingerprint density at radius 1 is 1.43 bits per heavy atom. The number of nitrogen functional groups attached to an aromatic ring is 1. The van der Waals surface area contributed by atoms with Crippen LogP contribution in [0.15, 0.2) is 12.1 Å². The Hall–Kier alpha value is -1.78. The Kier molecular flexibility index (Phi) is 2.91. The van der Waals surface area contributed by atoms with Crippen LogP contribution in [-0.2, 0) is 4.74 Å². The SMILES string of the molecule is COC(=O)c1cc(OC)cc(F)c1N. The van der Waals surface area contributed by atoms with Gasteiger partial charge in [-0.1, -0.05) is 0 Å². The van der Waals surface area contributed by atoms with Gasteiger partial charge in [0, 0.05) is 6.07 Å². The van der Waals surface area contributed by atoms with Crippen LogP contribution in [-0.4, -0.2) is 20.2 Å². The molecule has 1 aromatic rings. The van der Waals surface area contributed by atoms with E-state index in [1.54, 1.807) is 0 Å². The number of ether oxygens (including phenoxy) is 2. The summed E-state index contributed by atoms with van der Waals surface area (Å²) in [6, 6.07) is 2.42. The van der Waals surface area contributed by atoms with E-state index in [1.807, 2.05) is 0 Å². The van der Waals surface area contributed by atoms with Crippen LogP contribution < -0.4 is 10.5 Å². The van der Waals surface area contributed by atoms with Gasteiger partial charge in [0.25, 0.3) is 0 Å². The third-order valence-corrected chi connectivity index (χ3v) is 1.74. The fourth-order valence-electron chi connectivity index (χ4n) is 0.990. The lowest BCUT2D eigenvalue weighted by Crippen LogP contribution is -2.07. The number of carbonyl (C=O) groups excluding carboxylic acids is 1. The molecule has 1 aromatic carbocycles. The number of halogens is 1. The molecule has 0 saturated carbocycles. The average molecular weight is 199 g/mol. The van der Waals surface area contributed by atoms with Crippen molar-refractivity contribution >= 4 is 11.7 Å². The molecule has 0 unspecified atom stereocenters. The molecule has 0 atom stereocenters. The summed E-state index contributed by atoms with van der Waals surface area (Å²) in [6.45, 7) is 0. The molecular formula is C9H10FNO3. The smallest absolute Gasteiger partial charge is 0.340 e. The number of rotatable bonds is 2. The van der Waals surface area contributed by atoms with E-state index >= 15 is 0 Å². The Balaban J connectivity index is 3.27. The summed E-state index contributed by atoms with van der Waals surface area (Å²) in [4.78, 5) is 11.1. The fourth-order valence-corrected chi connectivity index (χ4v) is 0.990. The van der Waals surface area contributed by atoms with E-state index in [1.165, 1.54) is 20.3 Å². The predicted octanol–water partition coefficient (Wildman–Crippen LogP) is 1.20. The zero-order valence-electron chi connectivity index (χ0n) is 7.83. The number of benzene rings is 1.